The summed E-state index contributed by atoms with van der Waals surface area (Å²) in [7, 11) is 0. The molecule has 0 aliphatic heterocycles. The van der Waals surface area contributed by atoms with E-state index in [2.05, 4.69) is 77.8 Å². The average molecular weight is 298 g/mol. The lowest BCUT2D eigenvalue weighted by molar-refractivity contribution is 0.769. The van der Waals surface area contributed by atoms with Crippen LogP contribution in [0.1, 0.15) is 22.9 Å². The van der Waals surface area contributed by atoms with Gasteiger partial charge in [-0.05, 0) is 23.3 Å². The predicted molar refractivity (Wildman–Crippen MR) is 94.5 cm³/mol. The molecular formula is C21H18N2. The van der Waals surface area contributed by atoms with E-state index in [0.29, 0.717) is 5.92 Å². The number of para-hydroxylation sites is 2. The van der Waals surface area contributed by atoms with Crippen LogP contribution in [0.3, 0.4) is 0 Å². The Labute approximate surface area is 135 Å². The number of benzene rings is 3. The minimum Gasteiger partial charge on any atom is -0.342 e. The Morgan fingerprint density at radius 2 is 1.26 bits per heavy atom. The zero-order valence-electron chi connectivity index (χ0n) is 12.8. The van der Waals surface area contributed by atoms with Crippen molar-refractivity contribution in [1.82, 2.24) is 9.97 Å². The third-order valence-electron chi connectivity index (χ3n) is 4.24. The molecule has 0 unspecified atom stereocenters. The predicted octanol–water partition coefficient (Wildman–Crippen LogP) is 4.94. The summed E-state index contributed by atoms with van der Waals surface area (Å²) < 4.78 is 0. The van der Waals surface area contributed by atoms with Crippen LogP contribution >= 0.6 is 0 Å². The lowest BCUT2D eigenvalue weighted by Gasteiger charge is -2.17. The third-order valence-corrected chi connectivity index (χ3v) is 4.24. The highest BCUT2D eigenvalue weighted by molar-refractivity contribution is 5.74. The molecule has 3 aromatic carbocycles. The third kappa shape index (κ3) is 2.88. The Balaban J connectivity index is 1.73. The van der Waals surface area contributed by atoms with E-state index in [4.69, 9.17) is 4.98 Å². The van der Waals surface area contributed by atoms with E-state index >= 15 is 0 Å². The van der Waals surface area contributed by atoms with E-state index in [1.54, 1.807) is 0 Å². The van der Waals surface area contributed by atoms with E-state index in [1.165, 1.54) is 11.1 Å². The zero-order chi connectivity index (χ0) is 15.5. The molecule has 0 atom stereocenters. The van der Waals surface area contributed by atoms with Gasteiger partial charge < -0.3 is 4.98 Å². The molecule has 1 aromatic heterocycles. The lowest BCUT2D eigenvalue weighted by atomic mass is 9.88. The first-order valence-corrected chi connectivity index (χ1v) is 7.94. The Bertz CT molecular complexity index is 822. The maximum absolute atomic E-state index is 4.75. The summed E-state index contributed by atoms with van der Waals surface area (Å²) in [5.41, 5.74) is 4.77. The van der Waals surface area contributed by atoms with Crippen molar-refractivity contribution in [3.63, 3.8) is 0 Å². The number of fused-ring (bicyclic) bond motifs is 1. The fourth-order valence-electron chi connectivity index (χ4n) is 3.09. The Kier molecular flexibility index (Phi) is 3.65. The van der Waals surface area contributed by atoms with E-state index in [-0.39, 0.29) is 0 Å². The largest absolute Gasteiger partial charge is 0.342 e. The number of hydrogen-bond donors (Lipinski definition) is 1. The normalized spacial score (nSPS) is 11.2. The molecule has 1 heterocycles. The van der Waals surface area contributed by atoms with Crippen LogP contribution in [0.5, 0.6) is 0 Å². The lowest BCUT2D eigenvalue weighted by Crippen LogP contribution is -2.06. The smallest absolute Gasteiger partial charge is 0.108 e. The molecule has 0 radical (unpaired) electrons. The molecule has 4 aromatic rings. The second kappa shape index (κ2) is 6.09. The Morgan fingerprint density at radius 3 is 1.87 bits per heavy atom. The van der Waals surface area contributed by atoms with Crippen LogP contribution in [0, 0.1) is 0 Å². The van der Waals surface area contributed by atoms with Gasteiger partial charge in [-0.1, -0.05) is 72.8 Å². The molecule has 0 aliphatic carbocycles. The highest BCUT2D eigenvalue weighted by Gasteiger charge is 2.16. The van der Waals surface area contributed by atoms with Gasteiger partial charge in [0.1, 0.15) is 5.82 Å². The molecule has 0 amide bonds. The minimum atomic E-state index is 0.304. The number of aromatic amines is 1. The monoisotopic (exact) mass is 298 g/mol. The van der Waals surface area contributed by atoms with Crippen molar-refractivity contribution in [3.8, 4) is 0 Å². The van der Waals surface area contributed by atoms with Gasteiger partial charge in [-0.2, -0.15) is 0 Å². The maximum Gasteiger partial charge on any atom is 0.108 e. The van der Waals surface area contributed by atoms with Crippen LogP contribution in [-0.4, -0.2) is 9.97 Å². The number of nitrogens with zero attached hydrogens (tertiary/aromatic N) is 1. The summed E-state index contributed by atoms with van der Waals surface area (Å²) in [6.45, 7) is 0. The first-order chi connectivity index (χ1) is 11.4. The first kappa shape index (κ1) is 13.8. The number of hydrogen-bond acceptors (Lipinski definition) is 1. The summed E-state index contributed by atoms with van der Waals surface area (Å²) in [4.78, 5) is 8.20. The highest BCUT2D eigenvalue weighted by atomic mass is 14.9. The molecule has 1 N–H and O–H groups in total. The number of nitrogens with one attached hydrogen (secondary N) is 1. The van der Waals surface area contributed by atoms with Gasteiger partial charge in [0.2, 0.25) is 0 Å². The SMILES string of the molecule is c1ccc(C(Cc2nc3ccccc3[nH]2)c2ccccc2)cc1. The van der Waals surface area contributed by atoms with Gasteiger partial charge in [-0.3, -0.25) is 0 Å². The fraction of sp³-hybridized carbons (Fsp3) is 0.0952. The summed E-state index contributed by atoms with van der Waals surface area (Å²) in [5, 5.41) is 0. The highest BCUT2D eigenvalue weighted by Crippen LogP contribution is 2.28. The van der Waals surface area contributed by atoms with Gasteiger partial charge in [0.05, 0.1) is 11.0 Å². The summed E-state index contributed by atoms with van der Waals surface area (Å²) >= 11 is 0. The van der Waals surface area contributed by atoms with Gasteiger partial charge >= 0.3 is 0 Å². The molecule has 0 saturated carbocycles. The fourth-order valence-corrected chi connectivity index (χ4v) is 3.09. The second-order valence-electron chi connectivity index (χ2n) is 5.78. The summed E-state index contributed by atoms with van der Waals surface area (Å²) in [5.74, 6) is 1.34. The standard InChI is InChI=1S/C21H18N2/c1-3-9-16(10-4-1)18(17-11-5-2-6-12-17)15-21-22-19-13-7-8-14-20(19)23-21/h1-14,18H,15H2,(H,22,23). The molecule has 4 rings (SSSR count). The van der Waals surface area contributed by atoms with Crippen molar-refractivity contribution in [1.29, 1.82) is 0 Å². The molecule has 2 nitrogen and oxygen atoms in total. The second-order valence-corrected chi connectivity index (χ2v) is 5.78. The van der Waals surface area contributed by atoms with E-state index in [1.807, 2.05) is 12.1 Å². The first-order valence-electron chi connectivity index (χ1n) is 7.94. The molecule has 0 saturated heterocycles. The van der Waals surface area contributed by atoms with Crippen LogP contribution < -0.4 is 0 Å². The minimum absolute atomic E-state index is 0.304. The Hall–Kier alpha value is -2.87. The van der Waals surface area contributed by atoms with Gasteiger partial charge in [0.15, 0.2) is 0 Å². The van der Waals surface area contributed by atoms with Crippen LogP contribution in [0.15, 0.2) is 84.9 Å². The van der Waals surface area contributed by atoms with Crippen LogP contribution in [0.4, 0.5) is 0 Å². The molecule has 0 bridgehead atoms. The van der Waals surface area contributed by atoms with Crippen LogP contribution in [0.25, 0.3) is 11.0 Å². The van der Waals surface area contributed by atoms with Gasteiger partial charge in [0, 0.05) is 12.3 Å². The number of rotatable bonds is 4. The van der Waals surface area contributed by atoms with E-state index in [9.17, 15) is 0 Å². The molecule has 112 valence electrons. The number of aromatic nitrogens is 2. The van der Waals surface area contributed by atoms with Gasteiger partial charge in [-0.15, -0.1) is 0 Å². The number of imidazole rings is 1. The van der Waals surface area contributed by atoms with E-state index in [0.717, 1.165) is 23.3 Å². The quantitative estimate of drug-likeness (QED) is 0.568. The van der Waals surface area contributed by atoms with Crippen molar-refractivity contribution in [2.75, 3.05) is 0 Å². The molecule has 0 aliphatic rings. The molecule has 0 fully saturated rings. The van der Waals surface area contributed by atoms with Gasteiger partial charge in [-0.25, -0.2) is 4.98 Å². The summed E-state index contributed by atoms with van der Waals surface area (Å²) in [6.07, 6.45) is 0.864. The van der Waals surface area contributed by atoms with Crippen molar-refractivity contribution in [2.24, 2.45) is 0 Å². The average Bonchev–Trinajstić information content (AvgIpc) is 3.04. The molecular weight excluding hydrogens is 280 g/mol. The van der Waals surface area contributed by atoms with Crippen molar-refractivity contribution in [2.45, 2.75) is 12.3 Å². The van der Waals surface area contributed by atoms with E-state index < -0.39 is 0 Å². The van der Waals surface area contributed by atoms with Crippen molar-refractivity contribution >= 4 is 11.0 Å². The molecule has 0 spiro atoms. The van der Waals surface area contributed by atoms with Crippen molar-refractivity contribution in [3.05, 3.63) is 102 Å². The molecule has 23 heavy (non-hydrogen) atoms. The Morgan fingerprint density at radius 1 is 0.696 bits per heavy atom. The number of H-pyrrole nitrogens is 1. The van der Waals surface area contributed by atoms with Gasteiger partial charge in [0.25, 0.3) is 0 Å². The topological polar surface area (TPSA) is 28.7 Å². The zero-order valence-corrected chi connectivity index (χ0v) is 12.8. The van der Waals surface area contributed by atoms with Crippen LogP contribution in [0.2, 0.25) is 0 Å². The van der Waals surface area contributed by atoms with Crippen molar-refractivity contribution < 1.29 is 0 Å². The summed E-state index contributed by atoms with van der Waals surface area (Å²) in [6, 6.07) is 29.5. The maximum atomic E-state index is 4.75. The van der Waals surface area contributed by atoms with Crippen LogP contribution in [-0.2, 0) is 6.42 Å². The molecule has 2 heteroatoms.